The van der Waals surface area contributed by atoms with Gasteiger partial charge in [-0.1, -0.05) is 19.8 Å². The standard InChI is InChI=1S/C15H25N3O3/c1-2-12(19)9-10-16-13(20)7-8-14-17-18-15(21-14)11-5-3-4-6-11/h11-12,19H,2-10H2,1H3,(H,16,20). The molecular formula is C15H25N3O3. The lowest BCUT2D eigenvalue weighted by Crippen LogP contribution is -2.27. The summed E-state index contributed by atoms with van der Waals surface area (Å²) in [5.41, 5.74) is 0. The second-order valence-electron chi connectivity index (χ2n) is 5.72. The van der Waals surface area contributed by atoms with Crippen molar-refractivity contribution in [3.8, 4) is 0 Å². The van der Waals surface area contributed by atoms with Crippen molar-refractivity contribution in [3.63, 3.8) is 0 Å². The first-order valence-corrected chi connectivity index (χ1v) is 7.96. The normalized spacial score (nSPS) is 17.0. The summed E-state index contributed by atoms with van der Waals surface area (Å²) in [7, 11) is 0. The van der Waals surface area contributed by atoms with Gasteiger partial charge in [-0.2, -0.15) is 0 Å². The van der Waals surface area contributed by atoms with Crippen LogP contribution in [0.25, 0.3) is 0 Å². The van der Waals surface area contributed by atoms with Crippen molar-refractivity contribution in [2.24, 2.45) is 0 Å². The van der Waals surface area contributed by atoms with Crippen molar-refractivity contribution in [1.29, 1.82) is 0 Å². The Morgan fingerprint density at radius 1 is 1.43 bits per heavy atom. The maximum atomic E-state index is 11.7. The zero-order chi connectivity index (χ0) is 15.1. The van der Waals surface area contributed by atoms with Crippen LogP contribution in [0.1, 0.15) is 69.6 Å². The number of hydrogen-bond acceptors (Lipinski definition) is 5. The molecule has 1 amide bonds. The van der Waals surface area contributed by atoms with Crippen LogP contribution in [0.15, 0.2) is 4.42 Å². The maximum Gasteiger partial charge on any atom is 0.220 e. The van der Waals surface area contributed by atoms with E-state index in [1.165, 1.54) is 12.8 Å². The molecule has 1 aromatic heterocycles. The lowest BCUT2D eigenvalue weighted by molar-refractivity contribution is -0.121. The summed E-state index contributed by atoms with van der Waals surface area (Å²) in [6.45, 7) is 2.43. The molecule has 0 aromatic carbocycles. The monoisotopic (exact) mass is 295 g/mol. The van der Waals surface area contributed by atoms with Crippen molar-refractivity contribution >= 4 is 5.91 Å². The number of hydrogen-bond donors (Lipinski definition) is 2. The van der Waals surface area contributed by atoms with Gasteiger partial charge in [0.1, 0.15) is 0 Å². The summed E-state index contributed by atoms with van der Waals surface area (Å²) < 4.78 is 5.64. The molecule has 2 rings (SSSR count). The van der Waals surface area contributed by atoms with Crippen molar-refractivity contribution in [2.45, 2.75) is 70.3 Å². The average Bonchev–Trinajstić information content (AvgIpc) is 3.15. The molecule has 1 atom stereocenters. The predicted octanol–water partition coefficient (Wildman–Crippen LogP) is 1.94. The average molecular weight is 295 g/mol. The third kappa shape index (κ3) is 5.12. The number of nitrogens with zero attached hydrogens (tertiary/aromatic N) is 2. The van der Waals surface area contributed by atoms with E-state index in [-0.39, 0.29) is 12.0 Å². The fraction of sp³-hybridized carbons (Fsp3) is 0.800. The molecule has 21 heavy (non-hydrogen) atoms. The van der Waals surface area contributed by atoms with Gasteiger partial charge in [-0.3, -0.25) is 4.79 Å². The first-order valence-electron chi connectivity index (χ1n) is 7.96. The van der Waals surface area contributed by atoms with E-state index in [2.05, 4.69) is 15.5 Å². The van der Waals surface area contributed by atoms with Crippen molar-refractivity contribution in [1.82, 2.24) is 15.5 Å². The fourth-order valence-electron chi connectivity index (χ4n) is 2.60. The topological polar surface area (TPSA) is 88.2 Å². The first-order chi connectivity index (χ1) is 10.2. The highest BCUT2D eigenvalue weighted by Gasteiger charge is 2.22. The summed E-state index contributed by atoms with van der Waals surface area (Å²) in [5, 5.41) is 20.3. The molecule has 0 spiro atoms. The summed E-state index contributed by atoms with van der Waals surface area (Å²) in [5.74, 6) is 1.64. The van der Waals surface area contributed by atoms with Gasteiger partial charge in [0.05, 0.1) is 6.10 Å². The highest BCUT2D eigenvalue weighted by atomic mass is 16.4. The summed E-state index contributed by atoms with van der Waals surface area (Å²) in [6, 6.07) is 0. The van der Waals surface area contributed by atoms with E-state index < -0.39 is 0 Å². The van der Waals surface area contributed by atoms with Gasteiger partial charge in [0.2, 0.25) is 17.7 Å². The second kappa shape index (κ2) is 8.12. The summed E-state index contributed by atoms with van der Waals surface area (Å²) in [4.78, 5) is 11.7. The molecule has 1 fully saturated rings. The molecule has 0 bridgehead atoms. The fourth-order valence-corrected chi connectivity index (χ4v) is 2.60. The van der Waals surface area contributed by atoms with Crippen LogP contribution in [0.2, 0.25) is 0 Å². The van der Waals surface area contributed by atoms with Crippen LogP contribution in [0.3, 0.4) is 0 Å². The number of carbonyl (C=O) groups is 1. The number of aromatic nitrogens is 2. The number of aliphatic hydroxyl groups is 1. The Labute approximate surface area is 125 Å². The lowest BCUT2D eigenvalue weighted by atomic mass is 10.1. The predicted molar refractivity (Wildman–Crippen MR) is 77.8 cm³/mol. The number of carbonyl (C=O) groups excluding carboxylic acids is 1. The third-order valence-electron chi connectivity index (χ3n) is 4.02. The molecule has 1 saturated carbocycles. The zero-order valence-corrected chi connectivity index (χ0v) is 12.7. The van der Waals surface area contributed by atoms with Gasteiger partial charge in [0.25, 0.3) is 0 Å². The minimum Gasteiger partial charge on any atom is -0.425 e. The first kappa shape index (κ1) is 15.9. The number of amides is 1. The molecule has 118 valence electrons. The van der Waals surface area contributed by atoms with E-state index in [0.717, 1.165) is 18.7 Å². The molecule has 1 aliphatic rings. The number of aliphatic hydroxyl groups excluding tert-OH is 1. The van der Waals surface area contributed by atoms with Gasteiger partial charge in [0.15, 0.2) is 0 Å². The molecule has 0 saturated heterocycles. The van der Waals surface area contributed by atoms with E-state index in [4.69, 9.17) is 4.42 Å². The van der Waals surface area contributed by atoms with Gasteiger partial charge < -0.3 is 14.8 Å². The van der Waals surface area contributed by atoms with Crippen molar-refractivity contribution in [2.75, 3.05) is 6.54 Å². The number of nitrogens with one attached hydrogen (secondary N) is 1. The molecule has 6 nitrogen and oxygen atoms in total. The van der Waals surface area contributed by atoms with Crippen LogP contribution in [0, 0.1) is 0 Å². The van der Waals surface area contributed by atoms with Crippen LogP contribution >= 0.6 is 0 Å². The van der Waals surface area contributed by atoms with Crippen molar-refractivity contribution < 1.29 is 14.3 Å². The van der Waals surface area contributed by atoms with Gasteiger partial charge in [0, 0.05) is 25.3 Å². The Kier molecular flexibility index (Phi) is 6.17. The third-order valence-corrected chi connectivity index (χ3v) is 4.02. The van der Waals surface area contributed by atoms with Gasteiger partial charge in [-0.25, -0.2) is 0 Å². The molecule has 1 aliphatic carbocycles. The Bertz CT molecular complexity index is 441. The minimum absolute atomic E-state index is 0.0427. The highest BCUT2D eigenvalue weighted by molar-refractivity contribution is 5.75. The zero-order valence-electron chi connectivity index (χ0n) is 12.7. The van der Waals surface area contributed by atoms with Crippen LogP contribution in [0.5, 0.6) is 0 Å². The smallest absolute Gasteiger partial charge is 0.220 e. The molecule has 1 aromatic rings. The number of aryl methyl sites for hydroxylation is 1. The van der Waals surface area contributed by atoms with Gasteiger partial charge in [-0.15, -0.1) is 10.2 Å². The largest absolute Gasteiger partial charge is 0.425 e. The Morgan fingerprint density at radius 2 is 2.19 bits per heavy atom. The molecule has 0 radical (unpaired) electrons. The Balaban J connectivity index is 1.66. The van der Waals surface area contributed by atoms with Crippen LogP contribution in [-0.4, -0.2) is 33.9 Å². The van der Waals surface area contributed by atoms with E-state index in [1.54, 1.807) is 0 Å². The molecule has 6 heteroatoms. The molecule has 0 aliphatic heterocycles. The van der Waals surface area contributed by atoms with Crippen molar-refractivity contribution in [3.05, 3.63) is 11.8 Å². The van der Waals surface area contributed by atoms with E-state index >= 15 is 0 Å². The quantitative estimate of drug-likeness (QED) is 0.765. The van der Waals surface area contributed by atoms with E-state index in [0.29, 0.717) is 44.0 Å². The van der Waals surface area contributed by atoms with Crippen LogP contribution in [0.4, 0.5) is 0 Å². The molecular weight excluding hydrogens is 270 g/mol. The molecule has 1 unspecified atom stereocenters. The summed E-state index contributed by atoms with van der Waals surface area (Å²) >= 11 is 0. The molecule has 2 N–H and O–H groups in total. The van der Waals surface area contributed by atoms with Crippen LogP contribution in [-0.2, 0) is 11.2 Å². The second-order valence-corrected chi connectivity index (χ2v) is 5.72. The number of rotatable bonds is 8. The van der Waals surface area contributed by atoms with Gasteiger partial charge >= 0.3 is 0 Å². The Morgan fingerprint density at radius 3 is 2.90 bits per heavy atom. The van der Waals surface area contributed by atoms with Gasteiger partial charge in [-0.05, 0) is 25.7 Å². The maximum absolute atomic E-state index is 11.7. The SMILES string of the molecule is CCC(O)CCNC(=O)CCc1nnc(C2CCCC2)o1. The van der Waals surface area contributed by atoms with Crippen LogP contribution < -0.4 is 5.32 Å². The highest BCUT2D eigenvalue weighted by Crippen LogP contribution is 2.33. The van der Waals surface area contributed by atoms with E-state index in [9.17, 15) is 9.90 Å². The van der Waals surface area contributed by atoms with E-state index in [1.807, 2.05) is 6.92 Å². The lowest BCUT2D eigenvalue weighted by Gasteiger charge is -2.08. The Hall–Kier alpha value is -1.43. The summed E-state index contributed by atoms with van der Waals surface area (Å²) in [6.07, 6.45) is 6.49. The minimum atomic E-state index is -0.338. The molecule has 1 heterocycles.